The van der Waals surface area contributed by atoms with Gasteiger partial charge in [-0.2, -0.15) is 0 Å². The van der Waals surface area contributed by atoms with Crippen LogP contribution in [0, 0.1) is 0 Å². The summed E-state index contributed by atoms with van der Waals surface area (Å²) in [5, 5.41) is 3.34. The molecule has 3 aliphatic rings. The van der Waals surface area contributed by atoms with Crippen molar-refractivity contribution < 1.29 is 9.31 Å². The Morgan fingerprint density at radius 1 is 0.644 bits per heavy atom. The molecule has 1 fully saturated rings. The Labute approximate surface area is 267 Å². The number of anilines is 1. The molecule has 3 heterocycles. The summed E-state index contributed by atoms with van der Waals surface area (Å²) in [5.74, 6) is 0. The van der Waals surface area contributed by atoms with Gasteiger partial charge in [0.25, 0.3) is 0 Å². The molecule has 7 rings (SSSR count). The van der Waals surface area contributed by atoms with E-state index in [1.807, 2.05) is 0 Å². The number of hydrogen-bond acceptors (Lipinski definition) is 4. The van der Waals surface area contributed by atoms with Gasteiger partial charge in [-0.05, 0) is 120 Å². The van der Waals surface area contributed by atoms with Gasteiger partial charge in [-0.3, -0.25) is 0 Å². The molecule has 0 radical (unpaired) electrons. The van der Waals surface area contributed by atoms with Crippen molar-refractivity contribution in [1.29, 1.82) is 0 Å². The maximum atomic E-state index is 6.42. The number of nitrogens with zero attached hydrogens (tertiary/aromatic N) is 1. The standard InChI is InChI=1S/C40H39BN2O2/c1-39(2)40(3,4)45-41(44-39)37-17-9-14-31(26-37)35-23-34(30-13-8-12-29(22-30)33-16-11-19-42-28-33)24-36(25-35)32-15-10-18-38(27-32)43-20-6-5-7-21-43/h5-18,20,22-28,42H,19,21H2,1-4H3. The molecule has 0 atom stereocenters. The quantitative estimate of drug-likeness (QED) is 0.229. The number of rotatable bonds is 6. The molecule has 0 aliphatic carbocycles. The van der Waals surface area contributed by atoms with Crippen molar-refractivity contribution in [3.8, 4) is 33.4 Å². The zero-order chi connectivity index (χ0) is 31.0. The number of allylic oxidation sites excluding steroid dienone is 4. The Morgan fingerprint density at radius 3 is 1.89 bits per heavy atom. The van der Waals surface area contributed by atoms with Gasteiger partial charge in [-0.25, -0.2) is 0 Å². The summed E-state index contributed by atoms with van der Waals surface area (Å²) in [7, 11) is -0.414. The Kier molecular flexibility index (Phi) is 7.60. The first-order valence-corrected chi connectivity index (χ1v) is 15.8. The van der Waals surface area contributed by atoms with Crippen molar-refractivity contribution in [2.24, 2.45) is 0 Å². The molecule has 0 spiro atoms. The van der Waals surface area contributed by atoms with Crippen molar-refractivity contribution in [2.45, 2.75) is 38.9 Å². The lowest BCUT2D eigenvalue weighted by Gasteiger charge is -2.32. The van der Waals surface area contributed by atoms with Crippen LogP contribution < -0.4 is 15.7 Å². The summed E-state index contributed by atoms with van der Waals surface area (Å²) in [6.45, 7) is 10.1. The molecule has 45 heavy (non-hydrogen) atoms. The van der Waals surface area contributed by atoms with E-state index in [1.54, 1.807) is 0 Å². The van der Waals surface area contributed by atoms with Gasteiger partial charge in [0, 0.05) is 31.2 Å². The average molecular weight is 591 g/mol. The lowest BCUT2D eigenvalue weighted by atomic mass is 9.77. The zero-order valence-corrected chi connectivity index (χ0v) is 26.5. The van der Waals surface area contributed by atoms with Gasteiger partial charge < -0.3 is 19.5 Å². The highest BCUT2D eigenvalue weighted by molar-refractivity contribution is 6.62. The second kappa shape index (κ2) is 11.7. The summed E-state index contributed by atoms with van der Waals surface area (Å²) >= 11 is 0. The van der Waals surface area contributed by atoms with Crippen molar-refractivity contribution in [1.82, 2.24) is 5.32 Å². The normalized spacial score (nSPS) is 18.2. The summed E-state index contributed by atoms with van der Waals surface area (Å²) < 4.78 is 12.8. The maximum Gasteiger partial charge on any atom is 0.494 e. The number of hydrogen-bond donors (Lipinski definition) is 1. The highest BCUT2D eigenvalue weighted by Gasteiger charge is 2.51. The molecule has 5 heteroatoms. The molecule has 4 aromatic carbocycles. The molecule has 1 saturated heterocycles. The average Bonchev–Trinajstić information content (AvgIpc) is 3.31. The summed E-state index contributed by atoms with van der Waals surface area (Å²) in [5.41, 5.74) is 10.8. The second-order valence-corrected chi connectivity index (χ2v) is 13.0. The second-order valence-electron chi connectivity index (χ2n) is 13.0. The van der Waals surface area contributed by atoms with Gasteiger partial charge in [0.1, 0.15) is 0 Å². The number of nitrogens with one attached hydrogen (secondary N) is 1. The third-order valence-electron chi connectivity index (χ3n) is 9.32. The van der Waals surface area contributed by atoms with Gasteiger partial charge in [0.15, 0.2) is 0 Å². The summed E-state index contributed by atoms with van der Waals surface area (Å²) in [4.78, 5) is 2.27. The highest BCUT2D eigenvalue weighted by atomic mass is 16.7. The SMILES string of the molecule is CC1(C)OB(c2cccc(-c3cc(-c4cccc(C5=CNCC=C5)c4)cc(-c4cccc(N5C=CC=CC5)c4)c3)c2)OC1(C)C. The van der Waals surface area contributed by atoms with Crippen molar-refractivity contribution in [2.75, 3.05) is 18.0 Å². The van der Waals surface area contributed by atoms with Gasteiger partial charge in [0.2, 0.25) is 0 Å². The fraction of sp³-hybridized carbons (Fsp3) is 0.200. The van der Waals surface area contributed by atoms with Crippen LogP contribution in [-0.2, 0) is 9.31 Å². The van der Waals surface area contributed by atoms with Crippen LogP contribution in [-0.4, -0.2) is 31.4 Å². The van der Waals surface area contributed by atoms with E-state index in [9.17, 15) is 0 Å². The van der Waals surface area contributed by atoms with Crippen LogP contribution in [0.3, 0.4) is 0 Å². The molecule has 0 aromatic heterocycles. The Bertz CT molecular complexity index is 1850. The summed E-state index contributed by atoms with van der Waals surface area (Å²) in [6, 6.07) is 33.2. The van der Waals surface area contributed by atoms with Gasteiger partial charge in [-0.15, -0.1) is 0 Å². The van der Waals surface area contributed by atoms with Crippen LogP contribution in [0.2, 0.25) is 0 Å². The largest absolute Gasteiger partial charge is 0.494 e. The highest BCUT2D eigenvalue weighted by Crippen LogP contribution is 2.38. The Hall–Kier alpha value is -4.58. The van der Waals surface area contributed by atoms with E-state index in [2.05, 4.69) is 172 Å². The molecule has 3 aliphatic heterocycles. The minimum absolute atomic E-state index is 0.394. The third-order valence-corrected chi connectivity index (χ3v) is 9.32. The number of dihydropyridines is 1. The van der Waals surface area contributed by atoms with E-state index in [0.29, 0.717) is 0 Å². The lowest BCUT2D eigenvalue weighted by molar-refractivity contribution is 0.00578. The molecule has 0 unspecified atom stereocenters. The topological polar surface area (TPSA) is 33.7 Å². The molecule has 224 valence electrons. The van der Waals surface area contributed by atoms with E-state index in [1.165, 1.54) is 39.1 Å². The Morgan fingerprint density at radius 2 is 1.24 bits per heavy atom. The zero-order valence-electron chi connectivity index (χ0n) is 26.5. The van der Waals surface area contributed by atoms with E-state index < -0.39 is 18.3 Å². The predicted octanol–water partition coefficient (Wildman–Crippen LogP) is 8.38. The minimum Gasteiger partial charge on any atom is -0.399 e. The minimum atomic E-state index is -0.414. The predicted molar refractivity (Wildman–Crippen MR) is 189 cm³/mol. The van der Waals surface area contributed by atoms with Crippen LogP contribution in [0.15, 0.2) is 134 Å². The van der Waals surface area contributed by atoms with Crippen LogP contribution >= 0.6 is 0 Å². The van der Waals surface area contributed by atoms with Crippen LogP contribution in [0.5, 0.6) is 0 Å². The number of benzene rings is 4. The molecule has 1 N–H and O–H groups in total. The smallest absolute Gasteiger partial charge is 0.399 e. The fourth-order valence-electron chi connectivity index (χ4n) is 6.02. The van der Waals surface area contributed by atoms with Crippen LogP contribution in [0.1, 0.15) is 33.3 Å². The van der Waals surface area contributed by atoms with Crippen LogP contribution in [0.25, 0.3) is 39.0 Å². The monoisotopic (exact) mass is 590 g/mol. The first kappa shape index (κ1) is 29.2. The van der Waals surface area contributed by atoms with Crippen molar-refractivity contribution in [3.63, 3.8) is 0 Å². The Balaban J connectivity index is 1.32. The molecule has 4 nitrogen and oxygen atoms in total. The molecule has 4 aromatic rings. The molecule has 0 amide bonds. The van der Waals surface area contributed by atoms with E-state index in [0.717, 1.165) is 29.7 Å². The summed E-state index contributed by atoms with van der Waals surface area (Å²) in [6.07, 6.45) is 14.9. The molecule has 0 bridgehead atoms. The van der Waals surface area contributed by atoms with Crippen molar-refractivity contribution >= 4 is 23.8 Å². The fourth-order valence-corrected chi connectivity index (χ4v) is 6.02. The first-order chi connectivity index (χ1) is 21.8. The van der Waals surface area contributed by atoms with Gasteiger partial charge in [0.05, 0.1) is 11.2 Å². The molecule has 0 saturated carbocycles. The van der Waals surface area contributed by atoms with Crippen molar-refractivity contribution in [3.05, 3.63) is 139 Å². The molecular weight excluding hydrogens is 551 g/mol. The van der Waals surface area contributed by atoms with Crippen LogP contribution in [0.4, 0.5) is 5.69 Å². The third kappa shape index (κ3) is 5.94. The lowest BCUT2D eigenvalue weighted by Crippen LogP contribution is -2.41. The van der Waals surface area contributed by atoms with Gasteiger partial charge in [-0.1, -0.05) is 78.9 Å². The maximum absolute atomic E-state index is 6.42. The van der Waals surface area contributed by atoms with E-state index in [-0.39, 0.29) is 0 Å². The molecular formula is C40H39BN2O2. The van der Waals surface area contributed by atoms with E-state index in [4.69, 9.17) is 9.31 Å². The van der Waals surface area contributed by atoms with Gasteiger partial charge >= 0.3 is 7.12 Å². The first-order valence-electron chi connectivity index (χ1n) is 15.8. The van der Waals surface area contributed by atoms with E-state index >= 15 is 0 Å².